The van der Waals surface area contributed by atoms with E-state index in [9.17, 15) is 0 Å². The first-order valence-corrected chi connectivity index (χ1v) is 12.2. The normalized spacial score (nSPS) is 13.7. The van der Waals surface area contributed by atoms with Gasteiger partial charge in [0.15, 0.2) is 0 Å². The van der Waals surface area contributed by atoms with E-state index in [1.54, 1.807) is 0 Å². The monoisotopic (exact) mass is 452 g/mol. The fourth-order valence-electron chi connectivity index (χ4n) is 3.41. The highest BCUT2D eigenvalue weighted by molar-refractivity contribution is 14.1. The van der Waals surface area contributed by atoms with Crippen molar-refractivity contribution in [2.45, 2.75) is 51.7 Å². The Morgan fingerprint density at radius 2 is 1.38 bits per heavy atom. The van der Waals surface area contributed by atoms with Crippen LogP contribution in [0.3, 0.4) is 0 Å². The largest absolute Gasteiger partial charge is 0.404 e. The number of hydrogen-bond donors (Lipinski definition) is 0. The summed E-state index contributed by atoms with van der Waals surface area (Å²) in [6, 6.07) is 21.8. The number of benzene rings is 2. The zero-order valence-corrected chi connectivity index (χ0v) is 18.4. The Bertz CT molecular complexity index is 567. The molecule has 0 N–H and O–H groups in total. The molecule has 0 heterocycles. The molecule has 0 aliphatic rings. The van der Waals surface area contributed by atoms with Crippen molar-refractivity contribution >= 4 is 41.3 Å². The number of halogens is 1. The summed E-state index contributed by atoms with van der Waals surface area (Å²) in [5.41, 5.74) is 0. The fourth-order valence-corrected chi connectivity index (χ4v) is 8.90. The van der Waals surface area contributed by atoms with Crippen LogP contribution in [0, 0.1) is 0 Å². The minimum Gasteiger partial charge on any atom is -0.404 e. The van der Waals surface area contributed by atoms with Crippen LogP contribution in [0.1, 0.15) is 40.5 Å². The second-order valence-electron chi connectivity index (χ2n) is 7.29. The third-order valence-electron chi connectivity index (χ3n) is 4.65. The van der Waals surface area contributed by atoms with Gasteiger partial charge in [-0.2, -0.15) is 0 Å². The molecule has 130 valence electrons. The smallest absolute Gasteiger partial charge is 0.261 e. The Balaban J connectivity index is 2.65. The van der Waals surface area contributed by atoms with Crippen LogP contribution in [0.25, 0.3) is 0 Å². The highest BCUT2D eigenvalue weighted by Crippen LogP contribution is 2.38. The van der Waals surface area contributed by atoms with Crippen molar-refractivity contribution in [1.29, 1.82) is 0 Å². The van der Waals surface area contributed by atoms with Crippen molar-refractivity contribution in [2.75, 3.05) is 4.43 Å². The molecule has 0 amide bonds. The molecule has 1 atom stereocenters. The Hall–Kier alpha value is -0.653. The van der Waals surface area contributed by atoms with Crippen LogP contribution < -0.4 is 10.4 Å². The van der Waals surface area contributed by atoms with Gasteiger partial charge in [-0.1, -0.05) is 111 Å². The first-order chi connectivity index (χ1) is 11.5. The lowest BCUT2D eigenvalue weighted by molar-refractivity contribution is 0.181. The van der Waals surface area contributed by atoms with Crippen molar-refractivity contribution in [1.82, 2.24) is 0 Å². The standard InChI is InChI=1S/C21H29IOSi/c1-5-18(16-17-22)23-24(21(2,3)4,19-12-8-6-9-13-19)20-14-10-7-11-15-20/h6-15,18H,5,16-17H2,1-4H3/t18-/m0/s1. The maximum Gasteiger partial charge on any atom is 0.261 e. The summed E-state index contributed by atoms with van der Waals surface area (Å²) in [4.78, 5) is 0. The molecular formula is C21H29IOSi. The maximum atomic E-state index is 7.10. The molecule has 24 heavy (non-hydrogen) atoms. The minimum atomic E-state index is -2.37. The van der Waals surface area contributed by atoms with E-state index in [2.05, 4.69) is 111 Å². The molecule has 3 heteroatoms. The van der Waals surface area contributed by atoms with Gasteiger partial charge in [0, 0.05) is 10.5 Å². The van der Waals surface area contributed by atoms with E-state index < -0.39 is 8.32 Å². The summed E-state index contributed by atoms with van der Waals surface area (Å²) in [6.07, 6.45) is 2.49. The topological polar surface area (TPSA) is 9.23 Å². The first kappa shape index (κ1) is 19.7. The van der Waals surface area contributed by atoms with E-state index in [0.29, 0.717) is 6.10 Å². The van der Waals surface area contributed by atoms with Gasteiger partial charge in [0.05, 0.1) is 0 Å². The van der Waals surface area contributed by atoms with Gasteiger partial charge in [-0.3, -0.25) is 0 Å². The van der Waals surface area contributed by atoms with Crippen LogP contribution >= 0.6 is 22.6 Å². The van der Waals surface area contributed by atoms with Gasteiger partial charge in [0.1, 0.15) is 0 Å². The summed E-state index contributed by atoms with van der Waals surface area (Å²) in [5.74, 6) is 0. The van der Waals surface area contributed by atoms with E-state index in [-0.39, 0.29) is 5.04 Å². The number of hydrogen-bond acceptors (Lipinski definition) is 1. The summed E-state index contributed by atoms with van der Waals surface area (Å²) < 4.78 is 8.23. The molecule has 0 spiro atoms. The zero-order valence-electron chi connectivity index (χ0n) is 15.3. The van der Waals surface area contributed by atoms with Gasteiger partial charge in [-0.15, -0.1) is 0 Å². The van der Waals surface area contributed by atoms with Crippen LogP contribution in [0.15, 0.2) is 60.7 Å². The van der Waals surface area contributed by atoms with E-state index in [4.69, 9.17) is 4.43 Å². The van der Waals surface area contributed by atoms with E-state index in [0.717, 1.165) is 17.3 Å². The van der Waals surface area contributed by atoms with Crippen LogP contribution in [-0.2, 0) is 4.43 Å². The molecule has 2 aromatic rings. The van der Waals surface area contributed by atoms with Crippen LogP contribution in [0.2, 0.25) is 5.04 Å². The molecule has 0 fully saturated rings. The Morgan fingerprint density at radius 3 is 1.71 bits per heavy atom. The van der Waals surface area contributed by atoms with Gasteiger partial charge in [-0.05, 0) is 28.3 Å². The van der Waals surface area contributed by atoms with Crippen molar-refractivity contribution in [2.24, 2.45) is 0 Å². The van der Waals surface area contributed by atoms with Crippen LogP contribution in [-0.4, -0.2) is 18.8 Å². The van der Waals surface area contributed by atoms with E-state index in [1.807, 2.05) is 0 Å². The van der Waals surface area contributed by atoms with Gasteiger partial charge in [0.25, 0.3) is 8.32 Å². The minimum absolute atomic E-state index is 0.0639. The molecule has 0 aliphatic carbocycles. The molecule has 0 radical (unpaired) electrons. The van der Waals surface area contributed by atoms with E-state index >= 15 is 0 Å². The molecular weight excluding hydrogens is 423 g/mol. The molecule has 0 unspecified atom stereocenters. The average Bonchev–Trinajstić information content (AvgIpc) is 2.59. The van der Waals surface area contributed by atoms with Crippen LogP contribution in [0.4, 0.5) is 0 Å². The molecule has 2 rings (SSSR count). The summed E-state index contributed by atoms with van der Waals surface area (Å²) in [6.45, 7) is 9.27. The fraction of sp³-hybridized carbons (Fsp3) is 0.429. The zero-order chi connectivity index (χ0) is 17.6. The lowest BCUT2D eigenvalue weighted by atomic mass is 10.2. The molecule has 0 saturated carbocycles. The quantitative estimate of drug-likeness (QED) is 0.320. The second kappa shape index (κ2) is 8.63. The predicted molar refractivity (Wildman–Crippen MR) is 116 cm³/mol. The predicted octanol–water partition coefficient (Wildman–Crippen LogP) is 5.17. The van der Waals surface area contributed by atoms with Gasteiger partial charge < -0.3 is 4.43 Å². The lowest BCUT2D eigenvalue weighted by Gasteiger charge is -2.45. The SMILES string of the molecule is CC[C@@H](CCI)O[Si](c1ccccc1)(c1ccccc1)C(C)(C)C. The Morgan fingerprint density at radius 1 is 0.917 bits per heavy atom. The van der Waals surface area contributed by atoms with E-state index in [1.165, 1.54) is 10.4 Å². The summed E-state index contributed by atoms with van der Waals surface area (Å²) >= 11 is 2.46. The summed E-state index contributed by atoms with van der Waals surface area (Å²) in [7, 11) is -2.37. The van der Waals surface area contributed by atoms with Crippen molar-refractivity contribution in [3.05, 3.63) is 60.7 Å². The van der Waals surface area contributed by atoms with Crippen molar-refractivity contribution in [3.8, 4) is 0 Å². The lowest BCUT2D eigenvalue weighted by Crippen LogP contribution is -2.67. The van der Waals surface area contributed by atoms with Gasteiger partial charge in [0.2, 0.25) is 0 Å². The average molecular weight is 452 g/mol. The molecule has 0 saturated heterocycles. The Labute approximate surface area is 162 Å². The van der Waals surface area contributed by atoms with Crippen molar-refractivity contribution in [3.63, 3.8) is 0 Å². The molecule has 0 aromatic heterocycles. The van der Waals surface area contributed by atoms with Crippen LogP contribution in [0.5, 0.6) is 0 Å². The molecule has 2 aromatic carbocycles. The summed E-state index contributed by atoms with van der Waals surface area (Å²) in [5, 5.41) is 2.81. The first-order valence-electron chi connectivity index (χ1n) is 8.80. The van der Waals surface area contributed by atoms with Crippen molar-refractivity contribution < 1.29 is 4.43 Å². The van der Waals surface area contributed by atoms with Gasteiger partial charge in [-0.25, -0.2) is 0 Å². The number of alkyl halides is 1. The molecule has 0 aliphatic heterocycles. The van der Waals surface area contributed by atoms with Gasteiger partial charge >= 0.3 is 0 Å². The maximum absolute atomic E-state index is 7.10. The molecule has 0 bridgehead atoms. The number of rotatable bonds is 7. The molecule has 1 nitrogen and oxygen atoms in total. The third kappa shape index (κ3) is 4.11. The highest BCUT2D eigenvalue weighted by Gasteiger charge is 2.51. The Kier molecular flexibility index (Phi) is 7.07. The third-order valence-corrected chi connectivity index (χ3v) is 10.4. The highest BCUT2D eigenvalue weighted by atomic mass is 127. The second-order valence-corrected chi connectivity index (χ2v) is 12.6.